The van der Waals surface area contributed by atoms with Crippen molar-refractivity contribution in [2.45, 2.75) is 37.9 Å². The topological polar surface area (TPSA) is 12.5 Å². The molecule has 0 radical (unpaired) electrons. The smallest absolute Gasteiger partial charge is 0.149 e. The number of epoxide rings is 1. The van der Waals surface area contributed by atoms with E-state index in [1.165, 1.54) is 26.7 Å². The van der Waals surface area contributed by atoms with E-state index in [1.807, 2.05) is 0 Å². The molecule has 0 saturated carbocycles. The molecule has 1 heterocycles. The van der Waals surface area contributed by atoms with Crippen LogP contribution in [-0.4, -0.2) is 5.60 Å². The molecule has 0 N–H and O–H groups in total. The van der Waals surface area contributed by atoms with Crippen LogP contribution in [0.25, 0.3) is 0 Å². The molecular formula is C18H17BrO. The molecule has 102 valence electrons. The molecule has 1 nitrogen and oxygen atoms in total. The second-order valence-corrected chi connectivity index (χ2v) is 6.97. The molecule has 2 aliphatic rings. The van der Waals surface area contributed by atoms with Gasteiger partial charge in [0.2, 0.25) is 0 Å². The quantitative estimate of drug-likeness (QED) is 0.678. The van der Waals surface area contributed by atoms with Crippen LogP contribution in [0.1, 0.15) is 42.0 Å². The van der Waals surface area contributed by atoms with Gasteiger partial charge in [0.25, 0.3) is 0 Å². The van der Waals surface area contributed by atoms with Crippen molar-refractivity contribution < 1.29 is 4.74 Å². The molecule has 0 bridgehead atoms. The van der Waals surface area contributed by atoms with Gasteiger partial charge >= 0.3 is 0 Å². The SMILES string of the molecule is Cc1c(Br)ccc2c1C(C)C1(C)OC21c1ccccc1. The number of rotatable bonds is 1. The minimum absolute atomic E-state index is 0.109. The Bertz CT molecular complexity index is 709. The van der Waals surface area contributed by atoms with Gasteiger partial charge in [-0.1, -0.05) is 59.3 Å². The van der Waals surface area contributed by atoms with E-state index in [4.69, 9.17) is 4.74 Å². The second kappa shape index (κ2) is 3.75. The first-order chi connectivity index (χ1) is 9.52. The van der Waals surface area contributed by atoms with Crippen LogP contribution in [0.15, 0.2) is 46.9 Å². The number of hydrogen-bond acceptors (Lipinski definition) is 1. The molecule has 1 fully saturated rings. The van der Waals surface area contributed by atoms with Crippen LogP contribution in [0, 0.1) is 6.92 Å². The average molecular weight is 329 g/mol. The number of hydrogen-bond donors (Lipinski definition) is 0. The highest BCUT2D eigenvalue weighted by atomic mass is 79.9. The lowest BCUT2D eigenvalue weighted by atomic mass is 9.84. The lowest BCUT2D eigenvalue weighted by Crippen LogP contribution is -2.19. The highest BCUT2D eigenvalue weighted by Crippen LogP contribution is 2.71. The van der Waals surface area contributed by atoms with E-state index in [-0.39, 0.29) is 11.2 Å². The Morgan fingerprint density at radius 2 is 1.80 bits per heavy atom. The normalized spacial score (nSPS) is 33.7. The van der Waals surface area contributed by atoms with E-state index < -0.39 is 0 Å². The van der Waals surface area contributed by atoms with Crippen molar-refractivity contribution >= 4 is 15.9 Å². The van der Waals surface area contributed by atoms with Crippen molar-refractivity contribution in [2.75, 3.05) is 0 Å². The zero-order chi connectivity index (χ0) is 14.1. The van der Waals surface area contributed by atoms with E-state index in [2.05, 4.69) is 79.2 Å². The van der Waals surface area contributed by atoms with Crippen LogP contribution in [0.3, 0.4) is 0 Å². The molecule has 2 aromatic carbocycles. The molecule has 0 amide bonds. The van der Waals surface area contributed by atoms with E-state index in [9.17, 15) is 0 Å². The van der Waals surface area contributed by atoms with Gasteiger partial charge in [0.1, 0.15) is 11.2 Å². The molecule has 2 aromatic rings. The van der Waals surface area contributed by atoms with Crippen LogP contribution in [-0.2, 0) is 10.3 Å². The molecule has 2 heteroatoms. The first-order valence-electron chi connectivity index (χ1n) is 7.07. The Morgan fingerprint density at radius 1 is 1.10 bits per heavy atom. The Kier molecular flexibility index (Phi) is 2.36. The van der Waals surface area contributed by atoms with Crippen LogP contribution in [0.4, 0.5) is 0 Å². The van der Waals surface area contributed by atoms with Crippen LogP contribution >= 0.6 is 15.9 Å². The van der Waals surface area contributed by atoms with E-state index >= 15 is 0 Å². The maximum atomic E-state index is 6.33. The Balaban J connectivity index is 2.01. The third kappa shape index (κ3) is 1.23. The fraction of sp³-hybridized carbons (Fsp3) is 0.333. The third-order valence-electron chi connectivity index (χ3n) is 5.29. The van der Waals surface area contributed by atoms with Gasteiger partial charge < -0.3 is 4.74 Å². The van der Waals surface area contributed by atoms with Gasteiger partial charge in [-0.15, -0.1) is 0 Å². The first-order valence-corrected chi connectivity index (χ1v) is 7.87. The summed E-state index contributed by atoms with van der Waals surface area (Å²) in [5.74, 6) is 0.412. The molecule has 0 aromatic heterocycles. The predicted molar refractivity (Wildman–Crippen MR) is 84.0 cm³/mol. The summed E-state index contributed by atoms with van der Waals surface area (Å²) in [4.78, 5) is 0. The Morgan fingerprint density at radius 3 is 2.50 bits per heavy atom. The van der Waals surface area contributed by atoms with E-state index in [0.29, 0.717) is 5.92 Å². The van der Waals surface area contributed by atoms with Crippen LogP contribution < -0.4 is 0 Å². The molecular weight excluding hydrogens is 312 g/mol. The van der Waals surface area contributed by atoms with Gasteiger partial charge in [0, 0.05) is 10.4 Å². The van der Waals surface area contributed by atoms with Crippen LogP contribution in [0.2, 0.25) is 0 Å². The predicted octanol–water partition coefficient (Wildman–Crippen LogP) is 4.91. The van der Waals surface area contributed by atoms with Crippen molar-refractivity contribution in [1.29, 1.82) is 0 Å². The van der Waals surface area contributed by atoms with Gasteiger partial charge in [-0.2, -0.15) is 0 Å². The highest BCUT2D eigenvalue weighted by Gasteiger charge is 2.76. The summed E-state index contributed by atoms with van der Waals surface area (Å²) < 4.78 is 7.52. The van der Waals surface area contributed by atoms with E-state index in [1.54, 1.807) is 0 Å². The highest BCUT2D eigenvalue weighted by molar-refractivity contribution is 9.10. The minimum atomic E-state index is -0.242. The summed E-state index contributed by atoms with van der Waals surface area (Å²) in [7, 11) is 0. The van der Waals surface area contributed by atoms with Crippen molar-refractivity contribution in [2.24, 2.45) is 0 Å². The molecule has 3 unspecified atom stereocenters. The fourth-order valence-corrected chi connectivity index (χ4v) is 4.37. The minimum Gasteiger partial charge on any atom is -0.352 e. The molecule has 3 atom stereocenters. The van der Waals surface area contributed by atoms with Gasteiger partial charge in [-0.3, -0.25) is 0 Å². The van der Waals surface area contributed by atoms with Crippen molar-refractivity contribution in [3.05, 3.63) is 69.2 Å². The van der Waals surface area contributed by atoms with E-state index in [0.717, 1.165) is 0 Å². The molecule has 20 heavy (non-hydrogen) atoms. The van der Waals surface area contributed by atoms with Crippen molar-refractivity contribution in [1.82, 2.24) is 0 Å². The summed E-state index contributed by atoms with van der Waals surface area (Å²) in [6, 6.07) is 15.0. The maximum absolute atomic E-state index is 6.33. The lowest BCUT2D eigenvalue weighted by molar-refractivity contribution is 0.253. The van der Waals surface area contributed by atoms with Gasteiger partial charge in [0.15, 0.2) is 0 Å². The summed E-state index contributed by atoms with van der Waals surface area (Å²) in [6.07, 6.45) is 0. The molecule has 1 saturated heterocycles. The standard InChI is InChI=1S/C18H17BrO/c1-11-15(19)10-9-14-16(11)12(2)17(3)18(14,20-17)13-7-5-4-6-8-13/h4-10,12H,1-3H3. The van der Waals surface area contributed by atoms with Gasteiger partial charge in [0.05, 0.1) is 0 Å². The molecule has 1 aliphatic heterocycles. The Hall–Kier alpha value is -1.12. The number of fused-ring (bicyclic) bond motifs is 3. The largest absolute Gasteiger partial charge is 0.352 e. The summed E-state index contributed by atoms with van der Waals surface area (Å²) in [5, 5.41) is 0. The maximum Gasteiger partial charge on any atom is 0.149 e. The van der Waals surface area contributed by atoms with Crippen LogP contribution in [0.5, 0.6) is 0 Å². The summed E-state index contributed by atoms with van der Waals surface area (Å²) >= 11 is 3.66. The van der Waals surface area contributed by atoms with Crippen molar-refractivity contribution in [3.63, 3.8) is 0 Å². The van der Waals surface area contributed by atoms with Crippen molar-refractivity contribution in [3.8, 4) is 0 Å². The number of ether oxygens (including phenoxy) is 1. The Labute approximate surface area is 128 Å². The average Bonchev–Trinajstić information content (AvgIpc) is 3.05. The summed E-state index contributed by atoms with van der Waals surface area (Å²) in [5.41, 5.74) is 5.07. The summed E-state index contributed by atoms with van der Waals surface area (Å²) in [6.45, 7) is 6.74. The molecule has 0 spiro atoms. The molecule has 1 aliphatic carbocycles. The third-order valence-corrected chi connectivity index (χ3v) is 6.15. The monoisotopic (exact) mass is 328 g/mol. The number of halogens is 1. The fourth-order valence-electron chi connectivity index (χ4n) is 4.02. The number of benzene rings is 2. The second-order valence-electron chi connectivity index (χ2n) is 6.11. The zero-order valence-electron chi connectivity index (χ0n) is 11.9. The van der Waals surface area contributed by atoms with Gasteiger partial charge in [-0.05, 0) is 42.2 Å². The zero-order valence-corrected chi connectivity index (χ0v) is 13.5. The lowest BCUT2D eigenvalue weighted by Gasteiger charge is -2.17. The first kappa shape index (κ1) is 12.6. The van der Waals surface area contributed by atoms with Gasteiger partial charge in [-0.25, -0.2) is 0 Å². The molecule has 4 rings (SSSR count).